The molecule has 2 atom stereocenters. The predicted octanol–water partition coefficient (Wildman–Crippen LogP) is 0.751. The third-order valence-corrected chi connectivity index (χ3v) is 3.99. The van der Waals surface area contributed by atoms with Crippen LogP contribution in [-0.2, 0) is 29.5 Å². The van der Waals surface area contributed by atoms with Crippen LogP contribution in [0.3, 0.4) is 0 Å². The van der Waals surface area contributed by atoms with Gasteiger partial charge < -0.3 is 19.9 Å². The molecule has 0 aliphatic heterocycles. The summed E-state index contributed by atoms with van der Waals surface area (Å²) in [6.07, 6.45) is 0. The van der Waals surface area contributed by atoms with Crippen LogP contribution in [0.2, 0.25) is 0 Å². The summed E-state index contributed by atoms with van der Waals surface area (Å²) >= 11 is 0. The van der Waals surface area contributed by atoms with E-state index in [1.807, 2.05) is 0 Å². The molecule has 0 spiro atoms. The number of hydrogen-bond acceptors (Lipinski definition) is 6. The maximum absolute atomic E-state index is 12.6. The molecule has 1 amide bonds. The minimum absolute atomic E-state index is 0.102. The van der Waals surface area contributed by atoms with Gasteiger partial charge in [-0.2, -0.15) is 0 Å². The van der Waals surface area contributed by atoms with Crippen LogP contribution in [0.1, 0.15) is 26.3 Å². The molecule has 0 heterocycles. The van der Waals surface area contributed by atoms with Gasteiger partial charge in [-0.15, -0.1) is 0 Å². The van der Waals surface area contributed by atoms with E-state index < -0.39 is 34.9 Å². The van der Waals surface area contributed by atoms with Crippen LogP contribution in [0.15, 0.2) is 30.3 Å². The average Bonchev–Trinajstić information content (AvgIpc) is 2.57. The van der Waals surface area contributed by atoms with Crippen molar-refractivity contribution in [2.24, 2.45) is 5.92 Å². The van der Waals surface area contributed by atoms with E-state index in [0.29, 0.717) is 0 Å². The molecule has 0 unspecified atom stereocenters. The van der Waals surface area contributed by atoms with Gasteiger partial charge in [-0.1, -0.05) is 44.2 Å². The number of benzene rings is 1. The van der Waals surface area contributed by atoms with Crippen LogP contribution in [0, 0.1) is 5.92 Å². The Bertz CT molecular complexity index is 615. The van der Waals surface area contributed by atoms with Crippen molar-refractivity contribution in [1.29, 1.82) is 0 Å². The lowest BCUT2D eigenvalue weighted by Crippen LogP contribution is -2.72. The van der Waals surface area contributed by atoms with Crippen molar-refractivity contribution in [3.05, 3.63) is 35.9 Å². The number of esters is 2. The summed E-state index contributed by atoms with van der Waals surface area (Å²) in [5, 5.41) is 13.8. The SMILES string of the molecule is COC(=O)[C@@](NC(C)=O)(C(C)C)[C@](O)(C(=O)OC)c1ccccc1. The smallest absolute Gasteiger partial charge is 0.345 e. The van der Waals surface area contributed by atoms with Gasteiger partial charge in [0.05, 0.1) is 14.2 Å². The fourth-order valence-corrected chi connectivity index (χ4v) is 2.86. The molecule has 1 aromatic carbocycles. The number of carbonyl (C=O) groups excluding carboxylic acids is 3. The van der Waals surface area contributed by atoms with Crippen molar-refractivity contribution in [2.45, 2.75) is 31.9 Å². The molecule has 0 aliphatic carbocycles. The Morgan fingerprint density at radius 1 is 1.04 bits per heavy atom. The van der Waals surface area contributed by atoms with Gasteiger partial charge in [0.2, 0.25) is 11.5 Å². The van der Waals surface area contributed by atoms with E-state index in [1.54, 1.807) is 32.0 Å². The zero-order valence-electron chi connectivity index (χ0n) is 14.5. The van der Waals surface area contributed by atoms with Crippen LogP contribution in [0.25, 0.3) is 0 Å². The Morgan fingerprint density at radius 2 is 1.54 bits per heavy atom. The first-order valence-corrected chi connectivity index (χ1v) is 7.41. The number of amides is 1. The molecule has 0 saturated carbocycles. The first-order valence-electron chi connectivity index (χ1n) is 7.41. The lowest BCUT2D eigenvalue weighted by atomic mass is 9.68. The molecule has 7 nitrogen and oxygen atoms in total. The number of ether oxygens (including phenoxy) is 2. The van der Waals surface area contributed by atoms with Gasteiger partial charge in [0, 0.05) is 6.92 Å². The monoisotopic (exact) mass is 337 g/mol. The number of carbonyl (C=O) groups is 3. The quantitative estimate of drug-likeness (QED) is 0.743. The highest BCUT2D eigenvalue weighted by Crippen LogP contribution is 2.40. The Labute approximate surface area is 141 Å². The zero-order valence-corrected chi connectivity index (χ0v) is 14.5. The van der Waals surface area contributed by atoms with Crippen molar-refractivity contribution in [1.82, 2.24) is 5.32 Å². The minimum atomic E-state index is -2.48. The minimum Gasteiger partial charge on any atom is -0.467 e. The van der Waals surface area contributed by atoms with Gasteiger partial charge in [0.1, 0.15) is 0 Å². The highest BCUT2D eigenvalue weighted by molar-refractivity contribution is 5.97. The molecule has 2 N–H and O–H groups in total. The summed E-state index contributed by atoms with van der Waals surface area (Å²) in [6.45, 7) is 4.36. The summed E-state index contributed by atoms with van der Waals surface area (Å²) in [5.74, 6) is -3.34. The highest BCUT2D eigenvalue weighted by Gasteiger charge is 2.65. The lowest BCUT2D eigenvalue weighted by Gasteiger charge is -2.45. The van der Waals surface area contributed by atoms with E-state index in [-0.39, 0.29) is 5.56 Å². The molecule has 0 aromatic heterocycles. The van der Waals surface area contributed by atoms with Crippen molar-refractivity contribution in [3.63, 3.8) is 0 Å². The normalized spacial score (nSPS) is 15.8. The van der Waals surface area contributed by atoms with E-state index in [0.717, 1.165) is 14.2 Å². The maximum Gasteiger partial charge on any atom is 0.345 e. The van der Waals surface area contributed by atoms with Crippen LogP contribution in [-0.4, -0.2) is 42.7 Å². The van der Waals surface area contributed by atoms with Gasteiger partial charge in [-0.05, 0) is 11.5 Å². The summed E-state index contributed by atoms with van der Waals surface area (Å²) in [5.41, 5.74) is -4.44. The standard InChI is InChI=1S/C17H23NO6/c1-11(2)16(14(20)23-4,18-12(3)19)17(22,15(21)24-5)13-9-7-6-8-10-13/h6-11,22H,1-5H3,(H,18,19)/t16-,17+/m0/s1. The number of methoxy groups -OCH3 is 2. The molecule has 1 aromatic rings. The first-order chi connectivity index (χ1) is 11.2. The average molecular weight is 337 g/mol. The summed E-state index contributed by atoms with van der Waals surface area (Å²) in [4.78, 5) is 37.0. The molecule has 7 heteroatoms. The van der Waals surface area contributed by atoms with Crippen LogP contribution in [0.4, 0.5) is 0 Å². The molecule has 1 rings (SSSR count). The van der Waals surface area contributed by atoms with Crippen molar-refractivity contribution >= 4 is 17.8 Å². The summed E-state index contributed by atoms with van der Waals surface area (Å²) in [7, 11) is 2.20. The maximum atomic E-state index is 12.6. The summed E-state index contributed by atoms with van der Waals surface area (Å²) < 4.78 is 9.57. The molecule has 0 aliphatic rings. The Kier molecular flexibility index (Phi) is 6.09. The number of aliphatic hydroxyl groups is 1. The second-order valence-electron chi connectivity index (χ2n) is 5.70. The predicted molar refractivity (Wildman–Crippen MR) is 85.8 cm³/mol. The van der Waals surface area contributed by atoms with E-state index in [1.165, 1.54) is 19.1 Å². The molecule has 132 valence electrons. The van der Waals surface area contributed by atoms with Crippen molar-refractivity contribution in [3.8, 4) is 0 Å². The lowest BCUT2D eigenvalue weighted by molar-refractivity contribution is -0.192. The number of nitrogens with one attached hydrogen (secondary N) is 1. The van der Waals surface area contributed by atoms with Gasteiger partial charge >= 0.3 is 11.9 Å². The van der Waals surface area contributed by atoms with Crippen LogP contribution >= 0.6 is 0 Å². The van der Waals surface area contributed by atoms with Gasteiger partial charge in [-0.25, -0.2) is 9.59 Å². The molecule has 0 fully saturated rings. The van der Waals surface area contributed by atoms with Gasteiger partial charge in [0.25, 0.3) is 0 Å². The molecular formula is C17H23NO6. The second-order valence-corrected chi connectivity index (χ2v) is 5.70. The molecule has 24 heavy (non-hydrogen) atoms. The number of rotatable bonds is 6. The van der Waals surface area contributed by atoms with Crippen LogP contribution < -0.4 is 5.32 Å². The Morgan fingerprint density at radius 3 is 1.92 bits per heavy atom. The molecule has 0 saturated heterocycles. The van der Waals surface area contributed by atoms with Crippen molar-refractivity contribution in [2.75, 3.05) is 14.2 Å². The van der Waals surface area contributed by atoms with E-state index in [2.05, 4.69) is 5.32 Å². The topological polar surface area (TPSA) is 102 Å². The summed E-state index contributed by atoms with van der Waals surface area (Å²) in [6, 6.07) is 7.82. The Balaban J connectivity index is 3.84. The van der Waals surface area contributed by atoms with Gasteiger partial charge in [-0.3, -0.25) is 4.79 Å². The van der Waals surface area contributed by atoms with E-state index in [4.69, 9.17) is 9.47 Å². The fraction of sp³-hybridized carbons (Fsp3) is 0.471. The first kappa shape index (κ1) is 19.6. The third-order valence-electron chi connectivity index (χ3n) is 3.99. The molecule has 0 bridgehead atoms. The second kappa shape index (κ2) is 7.44. The number of hydrogen-bond donors (Lipinski definition) is 2. The largest absolute Gasteiger partial charge is 0.467 e. The Hall–Kier alpha value is -2.41. The zero-order chi connectivity index (χ0) is 18.5. The molecule has 0 radical (unpaired) electrons. The third kappa shape index (κ3) is 2.99. The van der Waals surface area contributed by atoms with Gasteiger partial charge in [0.15, 0.2) is 5.54 Å². The van der Waals surface area contributed by atoms with Crippen LogP contribution in [0.5, 0.6) is 0 Å². The van der Waals surface area contributed by atoms with E-state index in [9.17, 15) is 19.5 Å². The highest BCUT2D eigenvalue weighted by atomic mass is 16.5. The molecular weight excluding hydrogens is 314 g/mol. The van der Waals surface area contributed by atoms with E-state index >= 15 is 0 Å². The fourth-order valence-electron chi connectivity index (χ4n) is 2.86. The van der Waals surface area contributed by atoms with Crippen molar-refractivity contribution < 1.29 is 29.0 Å².